The standard InChI is InChI=1S/C31H39N3O5S/c1-23(2)20-32-31(36)29(19-25-10-7-6-8-11-25)34(21-26-12-9-13-27(18-26)39-5)30(35)22-33(4)40(37,38)28-16-14-24(3)15-17-28/h6-18,23,29H,19-22H2,1-5H3,(H,32,36)/t29-/m1/s1. The largest absolute Gasteiger partial charge is 0.497 e. The van der Waals surface area contributed by atoms with E-state index in [1.165, 1.54) is 24.1 Å². The number of likely N-dealkylation sites (N-methyl/N-ethyl adjacent to an activating group) is 1. The Balaban J connectivity index is 1.98. The number of benzene rings is 3. The molecule has 0 radical (unpaired) electrons. The van der Waals surface area contributed by atoms with Crippen LogP contribution in [0.5, 0.6) is 5.75 Å². The summed E-state index contributed by atoms with van der Waals surface area (Å²) in [6, 6.07) is 22.4. The van der Waals surface area contributed by atoms with Crippen molar-refractivity contribution in [3.63, 3.8) is 0 Å². The van der Waals surface area contributed by atoms with Crippen LogP contribution in [0.2, 0.25) is 0 Å². The summed E-state index contributed by atoms with van der Waals surface area (Å²) < 4.78 is 32.9. The smallest absolute Gasteiger partial charge is 0.243 e. The molecule has 0 saturated heterocycles. The highest BCUT2D eigenvalue weighted by Crippen LogP contribution is 2.20. The first-order chi connectivity index (χ1) is 19.0. The summed E-state index contributed by atoms with van der Waals surface area (Å²) in [5.41, 5.74) is 2.57. The average Bonchev–Trinajstić information content (AvgIpc) is 2.94. The lowest BCUT2D eigenvalue weighted by atomic mass is 10.0. The molecule has 0 spiro atoms. The molecule has 3 aromatic rings. The highest BCUT2D eigenvalue weighted by atomic mass is 32.2. The van der Waals surface area contributed by atoms with Crippen molar-refractivity contribution in [2.75, 3.05) is 27.2 Å². The van der Waals surface area contributed by atoms with Gasteiger partial charge in [-0.1, -0.05) is 74.0 Å². The zero-order chi connectivity index (χ0) is 29.3. The van der Waals surface area contributed by atoms with E-state index in [1.54, 1.807) is 31.4 Å². The monoisotopic (exact) mass is 565 g/mol. The zero-order valence-electron chi connectivity index (χ0n) is 23.8. The molecule has 0 saturated carbocycles. The minimum Gasteiger partial charge on any atom is -0.497 e. The average molecular weight is 566 g/mol. The predicted molar refractivity (Wildman–Crippen MR) is 156 cm³/mol. The molecule has 3 aromatic carbocycles. The van der Waals surface area contributed by atoms with Gasteiger partial charge in [-0.05, 0) is 48.2 Å². The molecular weight excluding hydrogens is 526 g/mol. The normalized spacial score (nSPS) is 12.3. The Morgan fingerprint density at radius 2 is 1.57 bits per heavy atom. The molecule has 3 rings (SSSR count). The van der Waals surface area contributed by atoms with Crippen LogP contribution in [0, 0.1) is 12.8 Å². The lowest BCUT2D eigenvalue weighted by Gasteiger charge is -2.33. The fourth-order valence-corrected chi connectivity index (χ4v) is 5.32. The number of nitrogens with zero attached hydrogens (tertiary/aromatic N) is 2. The second-order valence-electron chi connectivity index (χ2n) is 10.3. The molecule has 1 N–H and O–H groups in total. The lowest BCUT2D eigenvalue weighted by molar-refractivity contribution is -0.141. The Labute approximate surface area is 238 Å². The number of aryl methyl sites for hydroxylation is 1. The van der Waals surface area contributed by atoms with Gasteiger partial charge in [-0.2, -0.15) is 4.31 Å². The second-order valence-corrected chi connectivity index (χ2v) is 12.3. The summed E-state index contributed by atoms with van der Waals surface area (Å²) >= 11 is 0. The second kappa shape index (κ2) is 14.1. The number of sulfonamides is 1. The van der Waals surface area contributed by atoms with Crippen molar-refractivity contribution in [2.24, 2.45) is 5.92 Å². The number of ether oxygens (including phenoxy) is 1. The van der Waals surface area contributed by atoms with E-state index in [0.717, 1.165) is 21.0 Å². The van der Waals surface area contributed by atoms with Crippen LogP contribution in [-0.2, 0) is 32.6 Å². The predicted octanol–water partition coefficient (Wildman–Crippen LogP) is 4.04. The Hall–Kier alpha value is -3.69. The maximum atomic E-state index is 13.9. The van der Waals surface area contributed by atoms with E-state index in [1.807, 2.05) is 63.2 Å². The molecule has 0 fully saturated rings. The number of rotatable bonds is 13. The third-order valence-corrected chi connectivity index (χ3v) is 8.35. The molecule has 2 amide bonds. The van der Waals surface area contributed by atoms with Gasteiger partial charge in [0.25, 0.3) is 0 Å². The van der Waals surface area contributed by atoms with E-state index in [-0.39, 0.29) is 29.7 Å². The van der Waals surface area contributed by atoms with Gasteiger partial charge in [-0.3, -0.25) is 9.59 Å². The number of amides is 2. The van der Waals surface area contributed by atoms with Crippen LogP contribution in [0.15, 0.2) is 83.8 Å². The first kappa shape index (κ1) is 30.8. The highest BCUT2D eigenvalue weighted by molar-refractivity contribution is 7.89. The maximum absolute atomic E-state index is 13.9. The third kappa shape index (κ3) is 8.40. The van der Waals surface area contributed by atoms with Crippen LogP contribution in [-0.4, -0.2) is 62.7 Å². The first-order valence-corrected chi connectivity index (χ1v) is 14.7. The van der Waals surface area contributed by atoms with Crippen LogP contribution in [0.3, 0.4) is 0 Å². The van der Waals surface area contributed by atoms with Crippen molar-refractivity contribution in [3.05, 3.63) is 95.6 Å². The van der Waals surface area contributed by atoms with Gasteiger partial charge in [-0.15, -0.1) is 0 Å². The third-order valence-electron chi connectivity index (χ3n) is 6.53. The Kier molecular flexibility index (Phi) is 10.9. The molecule has 0 aliphatic rings. The molecule has 9 heteroatoms. The summed E-state index contributed by atoms with van der Waals surface area (Å²) in [5.74, 6) is 0.0574. The van der Waals surface area contributed by atoms with Gasteiger partial charge < -0.3 is 15.0 Å². The van der Waals surface area contributed by atoms with Crippen molar-refractivity contribution >= 4 is 21.8 Å². The van der Waals surface area contributed by atoms with Crippen molar-refractivity contribution in [1.82, 2.24) is 14.5 Å². The van der Waals surface area contributed by atoms with E-state index in [0.29, 0.717) is 12.3 Å². The van der Waals surface area contributed by atoms with Crippen molar-refractivity contribution in [2.45, 2.75) is 44.7 Å². The minimum atomic E-state index is -3.93. The molecule has 40 heavy (non-hydrogen) atoms. The molecule has 1 atom stereocenters. The van der Waals surface area contributed by atoms with Crippen LogP contribution in [0.1, 0.15) is 30.5 Å². The molecular formula is C31H39N3O5S. The van der Waals surface area contributed by atoms with Gasteiger partial charge in [0.05, 0.1) is 18.6 Å². The van der Waals surface area contributed by atoms with Crippen molar-refractivity contribution in [3.8, 4) is 5.75 Å². The fraction of sp³-hybridized carbons (Fsp3) is 0.355. The van der Waals surface area contributed by atoms with Gasteiger partial charge in [0.15, 0.2) is 0 Å². The molecule has 0 aromatic heterocycles. The quantitative estimate of drug-likeness (QED) is 0.338. The fourth-order valence-electron chi connectivity index (χ4n) is 4.20. The van der Waals surface area contributed by atoms with E-state index in [2.05, 4.69) is 5.32 Å². The van der Waals surface area contributed by atoms with E-state index >= 15 is 0 Å². The molecule has 214 valence electrons. The van der Waals surface area contributed by atoms with Gasteiger partial charge in [0.1, 0.15) is 11.8 Å². The number of carbonyl (C=O) groups excluding carboxylic acids is 2. The Bertz CT molecular complexity index is 1380. The van der Waals surface area contributed by atoms with Crippen LogP contribution in [0.25, 0.3) is 0 Å². The summed E-state index contributed by atoms with van der Waals surface area (Å²) in [7, 11) is -0.992. The summed E-state index contributed by atoms with van der Waals surface area (Å²) in [5, 5.41) is 2.97. The van der Waals surface area contributed by atoms with Crippen LogP contribution in [0.4, 0.5) is 0 Å². The van der Waals surface area contributed by atoms with Gasteiger partial charge in [0, 0.05) is 26.6 Å². The summed E-state index contributed by atoms with van der Waals surface area (Å²) in [6.45, 7) is 5.99. The molecule has 0 unspecified atom stereocenters. The van der Waals surface area contributed by atoms with Crippen LogP contribution < -0.4 is 10.1 Å². The van der Waals surface area contributed by atoms with E-state index in [4.69, 9.17) is 4.74 Å². The zero-order valence-corrected chi connectivity index (χ0v) is 24.6. The van der Waals surface area contributed by atoms with Crippen molar-refractivity contribution < 1.29 is 22.7 Å². The van der Waals surface area contributed by atoms with Gasteiger partial charge in [0.2, 0.25) is 21.8 Å². The number of nitrogens with one attached hydrogen (secondary N) is 1. The topological polar surface area (TPSA) is 96.0 Å². The Morgan fingerprint density at radius 3 is 2.20 bits per heavy atom. The Morgan fingerprint density at radius 1 is 0.925 bits per heavy atom. The molecule has 0 aliphatic carbocycles. The molecule has 0 bridgehead atoms. The molecule has 0 heterocycles. The minimum absolute atomic E-state index is 0.0983. The number of carbonyl (C=O) groups is 2. The number of hydrogen-bond donors (Lipinski definition) is 1. The summed E-state index contributed by atoms with van der Waals surface area (Å²) in [4.78, 5) is 29.1. The molecule has 8 nitrogen and oxygen atoms in total. The number of hydrogen-bond acceptors (Lipinski definition) is 5. The van der Waals surface area contributed by atoms with Crippen LogP contribution >= 0.6 is 0 Å². The van der Waals surface area contributed by atoms with E-state index < -0.39 is 28.5 Å². The summed E-state index contributed by atoms with van der Waals surface area (Å²) in [6.07, 6.45) is 0.273. The first-order valence-electron chi connectivity index (χ1n) is 13.3. The molecule has 0 aliphatic heterocycles. The maximum Gasteiger partial charge on any atom is 0.243 e. The lowest BCUT2D eigenvalue weighted by Crippen LogP contribution is -2.53. The SMILES string of the molecule is COc1cccc(CN(C(=O)CN(C)S(=O)(=O)c2ccc(C)cc2)[C@H](Cc2ccccc2)C(=O)NCC(C)C)c1. The van der Waals surface area contributed by atoms with Gasteiger partial charge >= 0.3 is 0 Å². The van der Waals surface area contributed by atoms with Crippen molar-refractivity contribution in [1.29, 1.82) is 0 Å². The number of methoxy groups -OCH3 is 1. The van der Waals surface area contributed by atoms with E-state index in [9.17, 15) is 18.0 Å². The highest BCUT2D eigenvalue weighted by Gasteiger charge is 2.33. The van der Waals surface area contributed by atoms with Gasteiger partial charge in [-0.25, -0.2) is 8.42 Å².